The first-order valence-corrected chi connectivity index (χ1v) is 3.10. The summed E-state index contributed by atoms with van der Waals surface area (Å²) in [6.07, 6.45) is 0. The Hall–Kier alpha value is -0.583. The Morgan fingerprint density at radius 2 is 2.57 bits per heavy atom. The van der Waals surface area contributed by atoms with Crippen molar-refractivity contribution in [2.45, 2.75) is 0 Å². The van der Waals surface area contributed by atoms with Gasteiger partial charge < -0.3 is 0 Å². The summed E-state index contributed by atoms with van der Waals surface area (Å²) in [6, 6.07) is 0. The quantitative estimate of drug-likeness (QED) is 0.166. The van der Waals surface area contributed by atoms with Crippen molar-refractivity contribution in [1.82, 2.24) is 0 Å². The van der Waals surface area contributed by atoms with E-state index in [0.717, 1.165) is 0 Å². The van der Waals surface area contributed by atoms with Crippen molar-refractivity contribution in [3.63, 3.8) is 0 Å². The largest absolute Gasteiger partial charge is 0.532 e. The lowest BCUT2D eigenvalue weighted by atomic mass is 11.8. The van der Waals surface area contributed by atoms with Crippen molar-refractivity contribution >= 4 is 27.2 Å². The van der Waals surface area contributed by atoms with E-state index in [1.807, 2.05) is 5.16 Å². The molecule has 0 N–H and O–H groups in total. The average molecular weight is 134 g/mol. The Kier molecular flexibility index (Phi) is 3.30. The Morgan fingerprint density at radius 1 is 2.00 bits per heavy atom. The van der Waals surface area contributed by atoms with Crippen LogP contribution in [-0.2, 0) is 0 Å². The summed E-state index contributed by atoms with van der Waals surface area (Å²) in [7, 11) is -1.52. The summed E-state index contributed by atoms with van der Waals surface area (Å²) in [5.41, 5.74) is 0. The molecule has 7 heavy (non-hydrogen) atoms. The molecule has 0 aliphatic rings. The van der Waals surface area contributed by atoms with Gasteiger partial charge in [-0.1, -0.05) is 0 Å². The van der Waals surface area contributed by atoms with Crippen LogP contribution in [0.1, 0.15) is 0 Å². The average Bonchev–Trinajstić information content (AvgIpc) is 1.61. The zero-order valence-electron chi connectivity index (χ0n) is 3.33. The highest BCUT2D eigenvalue weighted by atomic mass is 32.1. The number of rotatable bonds is 2. The molecule has 38 valence electrons. The maximum atomic E-state index is 9.45. The van der Waals surface area contributed by atoms with Gasteiger partial charge in [-0.05, 0) is 16.8 Å². The predicted molar refractivity (Wildman–Crippen MR) is 30.6 cm³/mol. The van der Waals surface area contributed by atoms with E-state index < -0.39 is 14.4 Å². The third-order valence-corrected chi connectivity index (χ3v) is 1.14. The van der Waals surface area contributed by atoms with Gasteiger partial charge in [0, 0.05) is 0 Å². The lowest BCUT2D eigenvalue weighted by Crippen LogP contribution is -2.00. The summed E-state index contributed by atoms with van der Waals surface area (Å²) in [4.78, 5) is 9.45. The smallest absolute Gasteiger partial charge is 0.288 e. The Bertz CT molecular complexity index is 119. The van der Waals surface area contributed by atoms with Crippen molar-refractivity contribution in [3.8, 4) is 0 Å². The minimum absolute atomic E-state index is 0.445. The fourth-order valence-electron chi connectivity index (χ4n) is 0.0866. The molecular weight excluding hydrogens is 132 g/mol. The molecule has 0 radical (unpaired) electrons. The molecule has 0 atom stereocenters. The number of thiocarbonyl (C=S) groups is 1. The molecule has 0 rings (SSSR count). The van der Waals surface area contributed by atoms with Gasteiger partial charge in [-0.3, -0.25) is 10.1 Å². The molecule has 0 amide bonds. The number of nitrogens with zero attached hydrogens (tertiary/aromatic N) is 2. The molecule has 6 heteroatoms. The second-order valence-electron chi connectivity index (χ2n) is 0.724. The van der Waals surface area contributed by atoms with Crippen molar-refractivity contribution < 1.29 is 4.59 Å². The van der Waals surface area contributed by atoms with Crippen LogP contribution in [0.4, 0.5) is 0 Å². The molecule has 0 aromatic carbocycles. The molecule has 0 spiro atoms. The maximum absolute atomic E-state index is 9.45. The van der Waals surface area contributed by atoms with Gasteiger partial charge in [0.2, 0.25) is 0 Å². The van der Waals surface area contributed by atoms with Gasteiger partial charge in [-0.25, -0.2) is 4.66 Å². The molecule has 4 nitrogen and oxygen atoms in total. The van der Waals surface area contributed by atoms with Gasteiger partial charge >= 0.3 is 9.84 Å². The zero-order valence-corrected chi connectivity index (χ0v) is 5.56. The summed E-state index contributed by atoms with van der Waals surface area (Å²) < 4.78 is 2.73. The lowest BCUT2D eigenvalue weighted by Gasteiger charge is -1.75. The Morgan fingerprint density at radius 3 is 2.71 bits per heavy atom. The standard InChI is InChI=1S/CH2N2O2SSi/c4-3(5)7-2-1-6/h7H2. The van der Waals surface area contributed by atoms with Crippen LogP contribution in [0.25, 0.3) is 0 Å². The van der Waals surface area contributed by atoms with E-state index in [4.69, 9.17) is 0 Å². The molecule has 0 unspecified atom stereocenters. The molecular formula is CH2N2O2SSi. The van der Waals surface area contributed by atoms with E-state index in [9.17, 15) is 10.1 Å². The van der Waals surface area contributed by atoms with Gasteiger partial charge in [0.1, 0.15) is 0 Å². The second-order valence-corrected chi connectivity index (χ2v) is 2.02. The van der Waals surface area contributed by atoms with Gasteiger partial charge in [0.15, 0.2) is 0 Å². The second kappa shape index (κ2) is 3.60. The van der Waals surface area contributed by atoms with Gasteiger partial charge in [0.05, 0.1) is 5.16 Å². The number of isothiocyanates is 1. The predicted octanol–water partition coefficient (Wildman–Crippen LogP) is -0.635. The number of nitro groups is 1. The molecule has 0 saturated carbocycles. The molecule has 0 heterocycles. The molecule has 0 aromatic heterocycles. The van der Waals surface area contributed by atoms with E-state index in [1.165, 1.54) is 0 Å². The van der Waals surface area contributed by atoms with Gasteiger partial charge in [-0.2, -0.15) is 0 Å². The first kappa shape index (κ1) is 6.42. The van der Waals surface area contributed by atoms with Crippen molar-refractivity contribution in [3.05, 3.63) is 10.1 Å². The maximum Gasteiger partial charge on any atom is 0.532 e. The van der Waals surface area contributed by atoms with Gasteiger partial charge in [-0.15, -0.1) is 0 Å². The molecule has 0 aromatic rings. The minimum atomic E-state index is -1.52. The van der Waals surface area contributed by atoms with Crippen molar-refractivity contribution in [2.75, 3.05) is 0 Å². The third kappa shape index (κ3) is 5.42. The van der Waals surface area contributed by atoms with Crippen LogP contribution in [-0.4, -0.2) is 19.6 Å². The lowest BCUT2D eigenvalue weighted by molar-refractivity contribution is -0.321. The summed E-state index contributed by atoms with van der Waals surface area (Å²) in [5, 5.41) is 11.4. The van der Waals surface area contributed by atoms with E-state index in [1.54, 1.807) is 0 Å². The molecule has 0 aliphatic carbocycles. The summed E-state index contributed by atoms with van der Waals surface area (Å²) in [5.74, 6) is 0. The SMILES string of the molecule is O=[N+]([O-])[SiH2]N=C=S. The van der Waals surface area contributed by atoms with Crippen LogP contribution in [0.3, 0.4) is 0 Å². The zero-order chi connectivity index (χ0) is 5.70. The highest BCUT2D eigenvalue weighted by Gasteiger charge is 1.90. The Labute approximate surface area is 47.4 Å². The highest BCUT2D eigenvalue weighted by molar-refractivity contribution is 7.78. The van der Waals surface area contributed by atoms with Crippen molar-refractivity contribution in [1.29, 1.82) is 0 Å². The van der Waals surface area contributed by atoms with Crippen LogP contribution < -0.4 is 0 Å². The van der Waals surface area contributed by atoms with Crippen LogP contribution >= 0.6 is 12.2 Å². The summed E-state index contributed by atoms with van der Waals surface area (Å²) in [6.45, 7) is 0. The van der Waals surface area contributed by atoms with Crippen LogP contribution in [0.15, 0.2) is 4.66 Å². The fraction of sp³-hybridized carbons (Fsp3) is 0. The molecule has 0 fully saturated rings. The topological polar surface area (TPSA) is 55.5 Å². The van der Waals surface area contributed by atoms with E-state index in [0.29, 0.717) is 0 Å². The van der Waals surface area contributed by atoms with Crippen LogP contribution in [0.5, 0.6) is 0 Å². The fourth-order valence-corrected chi connectivity index (χ4v) is 0.433. The van der Waals surface area contributed by atoms with E-state index in [-0.39, 0.29) is 0 Å². The first-order chi connectivity index (χ1) is 3.27. The van der Waals surface area contributed by atoms with Crippen LogP contribution in [0.2, 0.25) is 0 Å². The summed E-state index contributed by atoms with van der Waals surface area (Å²) >= 11 is 4.08. The van der Waals surface area contributed by atoms with E-state index >= 15 is 0 Å². The molecule has 0 aliphatic heterocycles. The Balaban J connectivity index is 3.32. The number of hydrogen-bond acceptors (Lipinski definition) is 4. The van der Waals surface area contributed by atoms with Crippen molar-refractivity contribution in [2.24, 2.45) is 4.66 Å². The molecule has 0 saturated heterocycles. The monoisotopic (exact) mass is 134 g/mol. The normalized spacial score (nSPS) is 8.57. The van der Waals surface area contributed by atoms with E-state index in [2.05, 4.69) is 16.9 Å². The molecule has 0 bridgehead atoms. The van der Waals surface area contributed by atoms with Crippen LogP contribution in [0, 0.1) is 10.1 Å². The minimum Gasteiger partial charge on any atom is -0.288 e. The highest BCUT2D eigenvalue weighted by Crippen LogP contribution is 1.60. The number of hydrogen-bond donors (Lipinski definition) is 0. The third-order valence-electron chi connectivity index (χ3n) is 0.251. The van der Waals surface area contributed by atoms with Gasteiger partial charge in [0.25, 0.3) is 0 Å². The first-order valence-electron chi connectivity index (χ1n) is 1.43.